The Morgan fingerprint density at radius 3 is 2.61 bits per heavy atom. The summed E-state index contributed by atoms with van der Waals surface area (Å²) in [6.07, 6.45) is 0. The smallest absolute Gasteiger partial charge is 0.117 e. The van der Waals surface area contributed by atoms with Crippen molar-refractivity contribution in [3.05, 3.63) is 52.5 Å². The highest BCUT2D eigenvalue weighted by atomic mass is 79.9. The van der Waals surface area contributed by atoms with Crippen molar-refractivity contribution < 1.29 is 5.11 Å². The lowest BCUT2D eigenvalue weighted by atomic mass is 10.1. The highest BCUT2D eigenvalue weighted by molar-refractivity contribution is 9.10. The third kappa shape index (κ3) is 2.76. The fourth-order valence-corrected chi connectivity index (χ4v) is 2.31. The lowest BCUT2D eigenvalue weighted by Gasteiger charge is -2.21. The summed E-state index contributed by atoms with van der Waals surface area (Å²) in [5, 5.41) is 9.48. The lowest BCUT2D eigenvalue weighted by molar-refractivity contribution is 0.475. The summed E-state index contributed by atoms with van der Waals surface area (Å²) >= 11 is 3.51. The molecule has 0 unspecified atom stereocenters. The molecule has 4 heteroatoms. The van der Waals surface area contributed by atoms with E-state index in [0.29, 0.717) is 6.54 Å². The maximum atomic E-state index is 9.48. The average Bonchev–Trinajstić information content (AvgIpc) is 2.34. The maximum absolute atomic E-state index is 9.48. The Bertz CT molecular complexity index is 537. The van der Waals surface area contributed by atoms with Gasteiger partial charge in [-0.05, 0) is 24.3 Å². The Morgan fingerprint density at radius 2 is 1.94 bits per heavy atom. The van der Waals surface area contributed by atoms with E-state index in [-0.39, 0.29) is 5.75 Å². The zero-order valence-corrected chi connectivity index (χ0v) is 11.7. The van der Waals surface area contributed by atoms with Gasteiger partial charge in [-0.15, -0.1) is 0 Å². The Labute approximate surface area is 115 Å². The molecule has 0 aliphatic heterocycles. The number of aromatic hydroxyl groups is 1. The van der Waals surface area contributed by atoms with Crippen molar-refractivity contribution in [2.75, 3.05) is 17.7 Å². The van der Waals surface area contributed by atoms with Crippen LogP contribution in [0.25, 0.3) is 0 Å². The molecule has 18 heavy (non-hydrogen) atoms. The van der Waals surface area contributed by atoms with E-state index in [4.69, 9.17) is 5.73 Å². The van der Waals surface area contributed by atoms with Crippen molar-refractivity contribution in [2.24, 2.45) is 0 Å². The summed E-state index contributed by atoms with van der Waals surface area (Å²) in [5.74, 6) is 0.263. The number of halogens is 1. The number of nitrogens with zero attached hydrogens (tertiary/aromatic N) is 1. The van der Waals surface area contributed by atoms with Crippen LogP contribution in [0.15, 0.2) is 46.9 Å². The highest BCUT2D eigenvalue weighted by Crippen LogP contribution is 2.26. The third-order valence-corrected chi connectivity index (χ3v) is 3.56. The monoisotopic (exact) mass is 306 g/mol. The first-order valence-corrected chi connectivity index (χ1v) is 6.40. The number of nitrogen functional groups attached to an aromatic ring is 1. The molecule has 0 radical (unpaired) electrons. The van der Waals surface area contributed by atoms with Gasteiger partial charge in [0.1, 0.15) is 5.75 Å². The van der Waals surface area contributed by atoms with Gasteiger partial charge in [-0.2, -0.15) is 0 Å². The van der Waals surface area contributed by atoms with Gasteiger partial charge < -0.3 is 15.7 Å². The van der Waals surface area contributed by atoms with Crippen molar-refractivity contribution in [3.63, 3.8) is 0 Å². The van der Waals surface area contributed by atoms with E-state index in [1.165, 1.54) is 0 Å². The van der Waals surface area contributed by atoms with E-state index in [0.717, 1.165) is 21.4 Å². The normalized spacial score (nSPS) is 10.3. The Hall–Kier alpha value is -1.68. The second-order valence-corrected chi connectivity index (χ2v) is 5.04. The molecule has 3 N–H and O–H groups in total. The molecular weight excluding hydrogens is 292 g/mol. The van der Waals surface area contributed by atoms with Crippen LogP contribution in [-0.4, -0.2) is 12.2 Å². The van der Waals surface area contributed by atoms with Gasteiger partial charge in [0.25, 0.3) is 0 Å². The zero-order valence-electron chi connectivity index (χ0n) is 10.1. The quantitative estimate of drug-likeness (QED) is 0.855. The van der Waals surface area contributed by atoms with Crippen LogP contribution in [0, 0.1) is 0 Å². The van der Waals surface area contributed by atoms with Gasteiger partial charge in [0.05, 0.1) is 0 Å². The van der Waals surface area contributed by atoms with Gasteiger partial charge in [0.2, 0.25) is 0 Å². The average molecular weight is 307 g/mol. The topological polar surface area (TPSA) is 49.5 Å². The number of rotatable bonds is 3. The van der Waals surface area contributed by atoms with Gasteiger partial charge in [-0.25, -0.2) is 0 Å². The van der Waals surface area contributed by atoms with Crippen LogP contribution in [0.5, 0.6) is 5.75 Å². The molecule has 0 aliphatic rings. The first-order valence-electron chi connectivity index (χ1n) is 5.61. The highest BCUT2D eigenvalue weighted by Gasteiger charge is 2.08. The number of phenolic OH excluding ortho intramolecular Hbond substituents is 1. The lowest BCUT2D eigenvalue weighted by Crippen LogP contribution is -2.17. The second-order valence-electron chi connectivity index (χ2n) is 4.18. The minimum atomic E-state index is 0.263. The van der Waals surface area contributed by atoms with E-state index < -0.39 is 0 Å². The number of hydrogen-bond acceptors (Lipinski definition) is 3. The molecule has 0 fully saturated rings. The van der Waals surface area contributed by atoms with Crippen LogP contribution in [0.1, 0.15) is 5.56 Å². The van der Waals surface area contributed by atoms with E-state index in [2.05, 4.69) is 15.9 Å². The largest absolute Gasteiger partial charge is 0.508 e. The number of nitrogens with two attached hydrogens (primary N) is 1. The number of hydrogen-bond donors (Lipinski definition) is 2. The van der Waals surface area contributed by atoms with Crippen LogP contribution in [0.2, 0.25) is 0 Å². The van der Waals surface area contributed by atoms with Crippen LogP contribution in [0.4, 0.5) is 11.4 Å². The molecule has 2 aromatic rings. The molecular formula is C14H15BrN2O. The predicted molar refractivity (Wildman–Crippen MR) is 78.8 cm³/mol. The molecule has 0 heterocycles. The molecule has 2 aromatic carbocycles. The molecule has 0 spiro atoms. The molecule has 0 saturated heterocycles. The van der Waals surface area contributed by atoms with Crippen LogP contribution < -0.4 is 10.6 Å². The SMILES string of the molecule is CN(Cc1c(N)cccc1Br)c1cccc(O)c1. The van der Waals surface area contributed by atoms with Gasteiger partial charge >= 0.3 is 0 Å². The van der Waals surface area contributed by atoms with Gasteiger partial charge in [-0.3, -0.25) is 0 Å². The summed E-state index contributed by atoms with van der Waals surface area (Å²) in [6.45, 7) is 0.677. The van der Waals surface area contributed by atoms with Gasteiger partial charge in [-0.1, -0.05) is 28.1 Å². The van der Waals surface area contributed by atoms with Crippen LogP contribution in [0.3, 0.4) is 0 Å². The van der Waals surface area contributed by atoms with E-state index in [9.17, 15) is 5.11 Å². The van der Waals surface area contributed by atoms with Gasteiger partial charge in [0.15, 0.2) is 0 Å². The molecule has 0 atom stereocenters. The molecule has 2 rings (SSSR count). The van der Waals surface area contributed by atoms with Crippen LogP contribution >= 0.6 is 15.9 Å². The number of benzene rings is 2. The van der Waals surface area contributed by atoms with E-state index in [1.807, 2.05) is 42.3 Å². The van der Waals surface area contributed by atoms with E-state index in [1.54, 1.807) is 12.1 Å². The number of anilines is 2. The Morgan fingerprint density at radius 1 is 1.22 bits per heavy atom. The van der Waals surface area contributed by atoms with Crippen molar-refractivity contribution in [2.45, 2.75) is 6.54 Å². The summed E-state index contributed by atoms with van der Waals surface area (Å²) < 4.78 is 0.995. The molecule has 0 saturated carbocycles. The minimum Gasteiger partial charge on any atom is -0.508 e. The second kappa shape index (κ2) is 5.31. The fourth-order valence-electron chi connectivity index (χ4n) is 1.80. The molecule has 0 aromatic heterocycles. The minimum absolute atomic E-state index is 0.263. The van der Waals surface area contributed by atoms with E-state index >= 15 is 0 Å². The summed E-state index contributed by atoms with van der Waals surface area (Å²) in [5.41, 5.74) is 8.73. The molecule has 0 amide bonds. The molecule has 94 valence electrons. The van der Waals surface area contributed by atoms with Crippen molar-refractivity contribution in [1.82, 2.24) is 0 Å². The number of phenols is 1. The first kappa shape index (κ1) is 12.8. The van der Waals surface area contributed by atoms with Gasteiger partial charge in [0, 0.05) is 41.1 Å². The Balaban J connectivity index is 2.24. The van der Waals surface area contributed by atoms with Crippen molar-refractivity contribution in [3.8, 4) is 5.75 Å². The molecule has 3 nitrogen and oxygen atoms in total. The molecule has 0 aliphatic carbocycles. The maximum Gasteiger partial charge on any atom is 0.117 e. The summed E-state index contributed by atoms with van der Waals surface area (Å²) in [6, 6.07) is 12.9. The Kier molecular flexibility index (Phi) is 3.77. The zero-order chi connectivity index (χ0) is 13.1. The van der Waals surface area contributed by atoms with Crippen LogP contribution in [-0.2, 0) is 6.54 Å². The first-order chi connectivity index (χ1) is 8.58. The summed E-state index contributed by atoms with van der Waals surface area (Å²) in [7, 11) is 1.97. The van der Waals surface area contributed by atoms with Crippen molar-refractivity contribution in [1.29, 1.82) is 0 Å². The van der Waals surface area contributed by atoms with Crippen molar-refractivity contribution >= 4 is 27.3 Å². The predicted octanol–water partition coefficient (Wildman–Crippen LogP) is 3.37. The summed E-state index contributed by atoms with van der Waals surface area (Å²) in [4.78, 5) is 2.04. The third-order valence-electron chi connectivity index (χ3n) is 2.82. The standard InChI is InChI=1S/C14H15BrN2O/c1-17(10-4-2-5-11(18)8-10)9-12-13(15)6-3-7-14(12)16/h2-8,18H,9,16H2,1H3. The molecule has 0 bridgehead atoms. The fraction of sp³-hybridized carbons (Fsp3) is 0.143.